The van der Waals surface area contributed by atoms with Crippen LogP contribution in [0.3, 0.4) is 0 Å². The Balaban J connectivity index is 3.30. The predicted octanol–water partition coefficient (Wildman–Crippen LogP) is 1.80. The van der Waals surface area contributed by atoms with Crippen molar-refractivity contribution in [3.63, 3.8) is 0 Å². The quantitative estimate of drug-likeness (QED) is 0.680. The summed E-state index contributed by atoms with van der Waals surface area (Å²) in [5, 5.41) is 12.1. The Hall–Kier alpha value is -2.65. The summed E-state index contributed by atoms with van der Waals surface area (Å²) in [6, 6.07) is 2.63. The zero-order valence-electron chi connectivity index (χ0n) is 10.9. The molecule has 2 amide bonds. The number of carbonyl (C=O) groups is 2. The molecule has 7 nitrogen and oxygen atoms in total. The fourth-order valence-electron chi connectivity index (χ4n) is 1.37. The monoisotopic (exact) mass is 305 g/mol. The first-order valence-electron chi connectivity index (χ1n) is 5.42. The normalized spacial score (nSPS) is 10.9. The van der Waals surface area contributed by atoms with Gasteiger partial charge in [0, 0.05) is 26.2 Å². The number of nitrogens with one attached hydrogen (secondary N) is 1. The minimum Gasteiger partial charge on any atom is -0.345 e. The smallest absolute Gasteiger partial charge is 0.345 e. The Bertz CT molecular complexity index is 599. The fraction of sp³-hybridized carbons (Fsp3) is 0.273. The number of anilines is 1. The van der Waals surface area contributed by atoms with Crippen molar-refractivity contribution in [2.24, 2.45) is 0 Å². The van der Waals surface area contributed by atoms with E-state index in [9.17, 15) is 32.9 Å². The van der Waals surface area contributed by atoms with Crippen LogP contribution in [0.4, 0.5) is 24.5 Å². The maximum Gasteiger partial charge on any atom is 0.471 e. The third kappa shape index (κ3) is 3.91. The Morgan fingerprint density at radius 2 is 1.86 bits per heavy atom. The summed E-state index contributed by atoms with van der Waals surface area (Å²) in [5.74, 6) is -3.03. The molecule has 21 heavy (non-hydrogen) atoms. The van der Waals surface area contributed by atoms with E-state index in [2.05, 4.69) is 0 Å². The van der Waals surface area contributed by atoms with E-state index in [0.29, 0.717) is 6.07 Å². The summed E-state index contributed by atoms with van der Waals surface area (Å²) >= 11 is 0. The molecule has 0 aliphatic rings. The van der Waals surface area contributed by atoms with Gasteiger partial charge in [-0.25, -0.2) is 0 Å². The van der Waals surface area contributed by atoms with Crippen LogP contribution >= 0.6 is 0 Å². The zero-order chi connectivity index (χ0) is 16.4. The third-order valence-corrected chi connectivity index (χ3v) is 2.36. The molecule has 0 saturated carbocycles. The molecule has 114 valence electrons. The molecule has 0 radical (unpaired) electrons. The van der Waals surface area contributed by atoms with Crippen molar-refractivity contribution in [2.75, 3.05) is 19.4 Å². The third-order valence-electron chi connectivity index (χ3n) is 2.36. The first-order chi connectivity index (χ1) is 9.54. The van der Waals surface area contributed by atoms with E-state index in [1.165, 1.54) is 19.4 Å². The Morgan fingerprint density at radius 1 is 1.29 bits per heavy atom. The van der Waals surface area contributed by atoms with Crippen LogP contribution in [0.15, 0.2) is 18.2 Å². The molecule has 0 aliphatic carbocycles. The van der Waals surface area contributed by atoms with Gasteiger partial charge in [0.1, 0.15) is 0 Å². The summed E-state index contributed by atoms with van der Waals surface area (Å²) in [5.41, 5.74) is -1.42. The molecule has 0 bridgehead atoms. The Kier molecular flexibility index (Phi) is 4.51. The Morgan fingerprint density at radius 3 is 2.29 bits per heavy atom. The van der Waals surface area contributed by atoms with Crippen molar-refractivity contribution in [1.82, 2.24) is 4.90 Å². The van der Waals surface area contributed by atoms with E-state index in [-0.39, 0.29) is 5.56 Å². The summed E-state index contributed by atoms with van der Waals surface area (Å²) in [4.78, 5) is 33.6. The molecule has 1 aromatic carbocycles. The van der Waals surface area contributed by atoms with E-state index in [1.54, 1.807) is 0 Å². The van der Waals surface area contributed by atoms with Crippen molar-refractivity contribution in [2.45, 2.75) is 6.18 Å². The van der Waals surface area contributed by atoms with Crippen LogP contribution in [-0.2, 0) is 4.79 Å². The van der Waals surface area contributed by atoms with Crippen LogP contribution in [0.25, 0.3) is 0 Å². The van der Waals surface area contributed by atoms with E-state index in [0.717, 1.165) is 17.0 Å². The van der Waals surface area contributed by atoms with Gasteiger partial charge in [-0.3, -0.25) is 19.7 Å². The summed E-state index contributed by atoms with van der Waals surface area (Å²) in [6.07, 6.45) is -5.18. The number of nitrogens with zero attached hydrogens (tertiary/aromatic N) is 2. The lowest BCUT2D eigenvalue weighted by Gasteiger charge is -2.15. The van der Waals surface area contributed by atoms with Gasteiger partial charge >= 0.3 is 12.1 Å². The molecule has 0 aromatic heterocycles. The first-order valence-corrected chi connectivity index (χ1v) is 5.42. The number of carbonyl (C=O) groups excluding carboxylic acids is 2. The van der Waals surface area contributed by atoms with Crippen LogP contribution in [-0.4, -0.2) is 41.9 Å². The number of rotatable bonds is 3. The molecule has 0 fully saturated rings. The maximum atomic E-state index is 12.2. The largest absolute Gasteiger partial charge is 0.471 e. The van der Waals surface area contributed by atoms with E-state index in [4.69, 9.17) is 0 Å². The van der Waals surface area contributed by atoms with Gasteiger partial charge in [0.15, 0.2) is 0 Å². The van der Waals surface area contributed by atoms with Gasteiger partial charge in [-0.15, -0.1) is 0 Å². The molecule has 0 heterocycles. The molecule has 0 unspecified atom stereocenters. The Labute approximate surface area is 116 Å². The highest BCUT2D eigenvalue weighted by molar-refractivity contribution is 6.05. The van der Waals surface area contributed by atoms with Crippen LogP contribution in [0.1, 0.15) is 10.4 Å². The highest BCUT2D eigenvalue weighted by Crippen LogP contribution is 2.26. The van der Waals surface area contributed by atoms with Gasteiger partial charge in [-0.2, -0.15) is 13.2 Å². The molecule has 0 atom stereocenters. The SMILES string of the molecule is CN(C)C(=O)c1ccc([N+](=O)[O-])cc1NC(=O)C(F)(F)F. The average molecular weight is 305 g/mol. The lowest BCUT2D eigenvalue weighted by atomic mass is 10.1. The predicted molar refractivity (Wildman–Crippen MR) is 65.8 cm³/mol. The van der Waals surface area contributed by atoms with Gasteiger partial charge in [0.2, 0.25) is 0 Å². The summed E-state index contributed by atoms with van der Waals surface area (Å²) in [7, 11) is 2.69. The molecule has 1 rings (SSSR count). The van der Waals surface area contributed by atoms with Crippen molar-refractivity contribution >= 4 is 23.2 Å². The van der Waals surface area contributed by atoms with E-state index >= 15 is 0 Å². The van der Waals surface area contributed by atoms with Crippen molar-refractivity contribution in [1.29, 1.82) is 0 Å². The fourth-order valence-corrected chi connectivity index (χ4v) is 1.37. The molecular weight excluding hydrogens is 295 g/mol. The van der Waals surface area contributed by atoms with Gasteiger partial charge in [0.25, 0.3) is 11.6 Å². The number of amides is 2. The minimum atomic E-state index is -5.18. The number of hydrogen-bond donors (Lipinski definition) is 1. The number of non-ortho nitro benzene ring substituents is 1. The van der Waals surface area contributed by atoms with Gasteiger partial charge in [-0.05, 0) is 6.07 Å². The summed E-state index contributed by atoms with van der Waals surface area (Å²) in [6.45, 7) is 0. The zero-order valence-corrected chi connectivity index (χ0v) is 10.9. The molecule has 0 spiro atoms. The average Bonchev–Trinajstić information content (AvgIpc) is 2.36. The number of alkyl halides is 3. The lowest BCUT2D eigenvalue weighted by molar-refractivity contribution is -0.384. The number of benzene rings is 1. The van der Waals surface area contributed by atoms with Crippen LogP contribution in [0, 0.1) is 10.1 Å². The highest BCUT2D eigenvalue weighted by Gasteiger charge is 2.39. The van der Waals surface area contributed by atoms with Gasteiger partial charge in [0.05, 0.1) is 16.2 Å². The lowest BCUT2D eigenvalue weighted by Crippen LogP contribution is -2.31. The van der Waals surface area contributed by atoms with E-state index < -0.39 is 34.3 Å². The molecular formula is C11H10F3N3O4. The molecule has 1 aromatic rings. The minimum absolute atomic E-state index is 0.289. The molecule has 0 aliphatic heterocycles. The second kappa shape index (κ2) is 5.77. The standard InChI is InChI=1S/C11H10F3N3O4/c1-16(2)9(18)7-4-3-6(17(20)21)5-8(7)15-10(19)11(12,13)14/h3-5H,1-2H3,(H,15,19). The number of halogens is 3. The second-order valence-corrected chi connectivity index (χ2v) is 4.14. The molecule has 1 N–H and O–H groups in total. The van der Waals surface area contributed by atoms with Crippen LogP contribution in [0.5, 0.6) is 0 Å². The summed E-state index contributed by atoms with van der Waals surface area (Å²) < 4.78 is 36.7. The first kappa shape index (κ1) is 16.4. The van der Waals surface area contributed by atoms with Crippen molar-refractivity contribution in [3.05, 3.63) is 33.9 Å². The second-order valence-electron chi connectivity index (χ2n) is 4.14. The number of nitro groups is 1. The molecule has 0 saturated heterocycles. The van der Waals surface area contributed by atoms with Gasteiger partial charge in [-0.1, -0.05) is 0 Å². The number of hydrogen-bond acceptors (Lipinski definition) is 4. The maximum absolute atomic E-state index is 12.2. The van der Waals surface area contributed by atoms with Gasteiger partial charge < -0.3 is 10.2 Å². The van der Waals surface area contributed by atoms with Crippen molar-refractivity contribution < 1.29 is 27.7 Å². The van der Waals surface area contributed by atoms with E-state index in [1.807, 2.05) is 0 Å². The number of nitro benzene ring substituents is 1. The molecule has 10 heteroatoms. The topological polar surface area (TPSA) is 92.6 Å². The van der Waals surface area contributed by atoms with Crippen LogP contribution in [0.2, 0.25) is 0 Å². The van der Waals surface area contributed by atoms with Crippen LogP contribution < -0.4 is 5.32 Å². The highest BCUT2D eigenvalue weighted by atomic mass is 19.4. The van der Waals surface area contributed by atoms with Crippen molar-refractivity contribution in [3.8, 4) is 0 Å².